The van der Waals surface area contributed by atoms with Crippen molar-refractivity contribution in [1.29, 1.82) is 0 Å². The average molecular weight is 358 g/mol. The Morgan fingerprint density at radius 1 is 1.24 bits per heavy atom. The summed E-state index contributed by atoms with van der Waals surface area (Å²) in [6.07, 6.45) is 0.412. The van der Waals surface area contributed by atoms with E-state index in [0.29, 0.717) is 18.1 Å². The van der Waals surface area contributed by atoms with Gasteiger partial charge in [0.15, 0.2) is 0 Å². The zero-order valence-electron chi connectivity index (χ0n) is 14.9. The van der Waals surface area contributed by atoms with Crippen molar-refractivity contribution >= 4 is 34.0 Å². The lowest BCUT2D eigenvalue weighted by Gasteiger charge is -2.16. The Hall–Kier alpha value is -2.28. The Kier molecular flexibility index (Phi) is 4.60. The van der Waals surface area contributed by atoms with E-state index >= 15 is 0 Å². The predicted molar refractivity (Wildman–Crippen MR) is 98.9 cm³/mol. The third-order valence-corrected chi connectivity index (χ3v) is 5.16. The lowest BCUT2D eigenvalue weighted by Crippen LogP contribution is -2.27. The maximum Gasteiger partial charge on any atom is 0.231 e. The van der Waals surface area contributed by atoms with E-state index in [1.807, 2.05) is 52.0 Å². The molecule has 3 rings (SSSR count). The summed E-state index contributed by atoms with van der Waals surface area (Å²) >= 11 is 1.34. The van der Waals surface area contributed by atoms with Gasteiger partial charge in [-0.05, 0) is 19.1 Å². The van der Waals surface area contributed by atoms with Crippen LogP contribution in [0.5, 0.6) is 0 Å². The molecule has 25 heavy (non-hydrogen) atoms. The van der Waals surface area contributed by atoms with Gasteiger partial charge in [0.05, 0.1) is 0 Å². The van der Waals surface area contributed by atoms with Crippen molar-refractivity contribution in [1.82, 2.24) is 10.2 Å². The molecule has 1 aromatic heterocycles. The van der Waals surface area contributed by atoms with E-state index in [4.69, 9.17) is 0 Å². The third kappa shape index (κ3) is 3.87. The van der Waals surface area contributed by atoms with Crippen molar-refractivity contribution in [3.05, 3.63) is 34.8 Å². The fourth-order valence-corrected chi connectivity index (χ4v) is 3.41. The van der Waals surface area contributed by atoms with Crippen LogP contribution in [0.15, 0.2) is 24.3 Å². The van der Waals surface area contributed by atoms with Gasteiger partial charge in [0.2, 0.25) is 16.9 Å². The van der Waals surface area contributed by atoms with Crippen molar-refractivity contribution in [2.75, 3.05) is 16.8 Å². The van der Waals surface area contributed by atoms with Crippen LogP contribution in [-0.4, -0.2) is 28.6 Å². The van der Waals surface area contributed by atoms with Crippen LogP contribution in [0, 0.1) is 12.3 Å². The molecule has 1 aliphatic heterocycles. The monoisotopic (exact) mass is 358 g/mol. The highest BCUT2D eigenvalue weighted by atomic mass is 32.1. The summed E-state index contributed by atoms with van der Waals surface area (Å²) in [4.78, 5) is 26.2. The molecule has 2 amide bonds. The highest BCUT2D eigenvalue weighted by Gasteiger charge is 2.34. The van der Waals surface area contributed by atoms with E-state index in [1.54, 1.807) is 4.90 Å². The van der Waals surface area contributed by atoms with Crippen LogP contribution in [0.4, 0.5) is 10.8 Å². The first-order valence-corrected chi connectivity index (χ1v) is 9.07. The van der Waals surface area contributed by atoms with Gasteiger partial charge in [0, 0.05) is 30.0 Å². The van der Waals surface area contributed by atoms with Gasteiger partial charge in [-0.15, -0.1) is 10.2 Å². The Morgan fingerprint density at radius 3 is 2.56 bits per heavy atom. The lowest BCUT2D eigenvalue weighted by molar-refractivity contribution is -0.123. The Bertz CT molecular complexity index is 792. The van der Waals surface area contributed by atoms with E-state index in [2.05, 4.69) is 15.5 Å². The van der Waals surface area contributed by atoms with Gasteiger partial charge in [-0.1, -0.05) is 49.8 Å². The number of hydrogen-bond donors (Lipinski definition) is 1. The highest BCUT2D eigenvalue weighted by Crippen LogP contribution is 2.34. The van der Waals surface area contributed by atoms with Gasteiger partial charge >= 0.3 is 0 Å². The average Bonchev–Trinajstić information content (AvgIpc) is 3.14. The highest BCUT2D eigenvalue weighted by molar-refractivity contribution is 7.15. The number of carbonyl (C=O) groups excluding carboxylic acids is 2. The molecular formula is C18H22N4O2S. The molecule has 0 unspecified atom stereocenters. The summed E-state index contributed by atoms with van der Waals surface area (Å²) in [6.45, 7) is 8.15. The van der Waals surface area contributed by atoms with Crippen molar-refractivity contribution in [2.45, 2.75) is 40.0 Å². The van der Waals surface area contributed by atoms with Gasteiger partial charge < -0.3 is 10.2 Å². The molecule has 1 N–H and O–H groups in total. The van der Waals surface area contributed by atoms with Crippen LogP contribution in [0.1, 0.15) is 43.7 Å². The summed E-state index contributed by atoms with van der Waals surface area (Å²) in [5, 5.41) is 12.3. The largest absolute Gasteiger partial charge is 0.312 e. The zero-order chi connectivity index (χ0) is 18.2. The maximum absolute atomic E-state index is 12.4. The van der Waals surface area contributed by atoms with Crippen LogP contribution in [0.2, 0.25) is 0 Å². The molecule has 132 valence electrons. The summed E-state index contributed by atoms with van der Waals surface area (Å²) in [7, 11) is 0. The Morgan fingerprint density at radius 2 is 1.92 bits per heavy atom. The Balaban J connectivity index is 1.70. The smallest absolute Gasteiger partial charge is 0.231 e. The molecule has 1 aliphatic rings. The summed E-state index contributed by atoms with van der Waals surface area (Å²) < 4.78 is 0. The molecule has 2 heterocycles. The molecule has 1 aromatic carbocycles. The lowest BCUT2D eigenvalue weighted by atomic mass is 9.96. The fraction of sp³-hybridized carbons (Fsp3) is 0.444. The molecular weight excluding hydrogens is 336 g/mol. The maximum atomic E-state index is 12.4. The quantitative estimate of drug-likeness (QED) is 0.913. The van der Waals surface area contributed by atoms with Gasteiger partial charge in [-0.2, -0.15) is 0 Å². The van der Waals surface area contributed by atoms with Gasteiger partial charge in [-0.25, -0.2) is 0 Å². The zero-order valence-corrected chi connectivity index (χ0v) is 15.7. The summed E-state index contributed by atoms with van der Waals surface area (Å²) in [5.41, 5.74) is 1.58. The molecule has 0 bridgehead atoms. The molecule has 1 saturated heterocycles. The van der Waals surface area contributed by atoms with Crippen LogP contribution in [-0.2, 0) is 9.59 Å². The van der Waals surface area contributed by atoms with Gasteiger partial charge in [0.25, 0.3) is 0 Å². The van der Waals surface area contributed by atoms with Crippen LogP contribution < -0.4 is 10.2 Å². The minimum Gasteiger partial charge on any atom is -0.312 e. The first kappa shape index (κ1) is 17.5. The summed E-state index contributed by atoms with van der Waals surface area (Å²) in [5.74, 6) is -0.00472. The van der Waals surface area contributed by atoms with E-state index in [0.717, 1.165) is 16.3 Å². The molecule has 7 heteroatoms. The molecule has 0 radical (unpaired) electrons. The van der Waals surface area contributed by atoms with Gasteiger partial charge in [-0.3, -0.25) is 9.59 Å². The third-order valence-electron chi connectivity index (χ3n) is 4.16. The van der Waals surface area contributed by atoms with Crippen LogP contribution in [0.3, 0.4) is 0 Å². The van der Waals surface area contributed by atoms with Gasteiger partial charge in [0.1, 0.15) is 5.01 Å². The molecule has 2 aromatic rings. The fourth-order valence-electron chi connectivity index (χ4n) is 2.58. The number of carbonyl (C=O) groups is 2. The van der Waals surface area contributed by atoms with E-state index in [1.165, 1.54) is 11.3 Å². The van der Waals surface area contributed by atoms with Crippen molar-refractivity contribution in [3.63, 3.8) is 0 Å². The number of nitrogens with zero attached hydrogens (tertiary/aromatic N) is 3. The molecule has 0 saturated carbocycles. The normalized spacial score (nSPS) is 17.8. The number of benzene rings is 1. The molecule has 1 fully saturated rings. The topological polar surface area (TPSA) is 75.2 Å². The van der Waals surface area contributed by atoms with Crippen molar-refractivity contribution < 1.29 is 9.59 Å². The molecule has 1 atom stereocenters. The minimum atomic E-state index is -0.489. The van der Waals surface area contributed by atoms with E-state index in [-0.39, 0.29) is 17.7 Å². The number of aromatic nitrogens is 2. The second kappa shape index (κ2) is 6.55. The number of hydrogen-bond acceptors (Lipinski definition) is 5. The molecule has 0 spiro atoms. The number of anilines is 2. The number of amides is 2. The first-order chi connectivity index (χ1) is 11.7. The van der Waals surface area contributed by atoms with E-state index < -0.39 is 5.41 Å². The molecule has 0 aliphatic carbocycles. The second-order valence-corrected chi connectivity index (χ2v) is 8.40. The van der Waals surface area contributed by atoms with Crippen molar-refractivity contribution in [2.24, 2.45) is 5.41 Å². The second-order valence-electron chi connectivity index (χ2n) is 7.39. The van der Waals surface area contributed by atoms with Crippen molar-refractivity contribution in [3.8, 4) is 0 Å². The first-order valence-electron chi connectivity index (χ1n) is 8.26. The standard InChI is InChI=1S/C18H22N4O2S/c1-11-5-7-13(8-6-11)22-10-12(9-14(22)23)15-20-21-17(25-15)19-16(24)18(2,3)4/h5-8,12H,9-10H2,1-4H3,(H,19,21,24)/t12-/m0/s1. The predicted octanol–water partition coefficient (Wildman–Crippen LogP) is 3.35. The van der Waals surface area contributed by atoms with Crippen LogP contribution in [0.25, 0.3) is 0 Å². The molecule has 6 nitrogen and oxygen atoms in total. The summed E-state index contributed by atoms with van der Waals surface area (Å²) in [6, 6.07) is 7.93. The minimum absolute atomic E-state index is 0.00610. The number of nitrogens with one attached hydrogen (secondary N) is 1. The van der Waals surface area contributed by atoms with Crippen LogP contribution >= 0.6 is 11.3 Å². The van der Waals surface area contributed by atoms with E-state index in [9.17, 15) is 9.59 Å². The SMILES string of the molecule is Cc1ccc(N2C[C@@H](c3nnc(NC(=O)C(C)(C)C)s3)CC2=O)cc1. The number of rotatable bonds is 3. The Labute approximate surface area is 151 Å². The number of aryl methyl sites for hydroxylation is 1.